The Bertz CT molecular complexity index is 791. The first kappa shape index (κ1) is 12.4. The van der Waals surface area contributed by atoms with Gasteiger partial charge < -0.3 is 0 Å². The SMILES string of the molecule is CC1(n2cccn2)C=Nc2nc(-c3cccnc3)sc2C1. The molecule has 0 N–H and O–H groups in total. The fourth-order valence-electron chi connectivity index (χ4n) is 2.45. The summed E-state index contributed by atoms with van der Waals surface area (Å²) in [6.07, 6.45) is 10.2. The molecule has 1 unspecified atom stereocenters. The number of nitrogens with zero attached hydrogens (tertiary/aromatic N) is 5. The summed E-state index contributed by atoms with van der Waals surface area (Å²) in [5, 5.41) is 5.32. The van der Waals surface area contributed by atoms with Crippen LogP contribution in [0.25, 0.3) is 10.6 Å². The van der Waals surface area contributed by atoms with Crippen LogP contribution in [0.3, 0.4) is 0 Å². The third kappa shape index (κ3) is 2.08. The largest absolute Gasteiger partial charge is 0.264 e. The van der Waals surface area contributed by atoms with Gasteiger partial charge in [-0.15, -0.1) is 11.3 Å². The maximum atomic E-state index is 4.62. The van der Waals surface area contributed by atoms with Gasteiger partial charge in [0.15, 0.2) is 5.82 Å². The van der Waals surface area contributed by atoms with E-state index in [1.54, 1.807) is 23.7 Å². The summed E-state index contributed by atoms with van der Waals surface area (Å²) in [4.78, 5) is 14.5. The Morgan fingerprint density at radius 2 is 2.24 bits per heavy atom. The molecular weight excluding hydrogens is 282 g/mol. The topological polar surface area (TPSA) is 56.0 Å². The lowest BCUT2D eigenvalue weighted by atomic mass is 9.97. The van der Waals surface area contributed by atoms with Gasteiger partial charge in [0.05, 0.1) is 10.4 Å². The van der Waals surface area contributed by atoms with Gasteiger partial charge in [0, 0.05) is 43.0 Å². The molecule has 3 aromatic rings. The summed E-state index contributed by atoms with van der Waals surface area (Å²) in [6, 6.07) is 5.88. The van der Waals surface area contributed by atoms with E-state index in [0.29, 0.717) is 0 Å². The van der Waals surface area contributed by atoms with E-state index in [0.717, 1.165) is 22.8 Å². The molecule has 0 aromatic carbocycles. The van der Waals surface area contributed by atoms with Gasteiger partial charge >= 0.3 is 0 Å². The molecule has 0 saturated carbocycles. The van der Waals surface area contributed by atoms with E-state index >= 15 is 0 Å². The van der Waals surface area contributed by atoms with Gasteiger partial charge in [-0.25, -0.2) is 9.98 Å². The zero-order valence-electron chi connectivity index (χ0n) is 11.5. The molecule has 21 heavy (non-hydrogen) atoms. The van der Waals surface area contributed by atoms with Crippen LogP contribution in [-0.4, -0.2) is 26.0 Å². The number of aliphatic imine (C=N–C) groups is 1. The molecule has 0 radical (unpaired) electrons. The summed E-state index contributed by atoms with van der Waals surface area (Å²) in [5.74, 6) is 0.823. The van der Waals surface area contributed by atoms with Crippen LogP contribution in [0.15, 0.2) is 48.0 Å². The van der Waals surface area contributed by atoms with Crippen molar-refractivity contribution in [2.75, 3.05) is 0 Å². The molecule has 1 atom stereocenters. The van der Waals surface area contributed by atoms with Crippen LogP contribution in [0, 0.1) is 0 Å². The van der Waals surface area contributed by atoms with Crippen LogP contribution < -0.4 is 0 Å². The summed E-state index contributed by atoms with van der Waals surface area (Å²) >= 11 is 1.68. The number of pyridine rings is 1. The highest BCUT2D eigenvalue weighted by Gasteiger charge is 2.31. The third-order valence-electron chi connectivity index (χ3n) is 3.60. The smallest absolute Gasteiger partial charge is 0.166 e. The third-order valence-corrected chi connectivity index (χ3v) is 4.69. The molecule has 0 fully saturated rings. The van der Waals surface area contributed by atoms with Crippen molar-refractivity contribution in [1.29, 1.82) is 0 Å². The van der Waals surface area contributed by atoms with E-state index in [4.69, 9.17) is 0 Å². The van der Waals surface area contributed by atoms with Crippen molar-refractivity contribution in [3.05, 3.63) is 47.9 Å². The van der Waals surface area contributed by atoms with Gasteiger partial charge in [0.25, 0.3) is 0 Å². The maximum absolute atomic E-state index is 4.62. The Hall–Kier alpha value is -2.34. The van der Waals surface area contributed by atoms with Crippen LogP contribution in [-0.2, 0) is 12.0 Å². The van der Waals surface area contributed by atoms with Crippen LogP contribution >= 0.6 is 11.3 Å². The van der Waals surface area contributed by atoms with Crippen molar-refractivity contribution in [3.8, 4) is 10.6 Å². The van der Waals surface area contributed by atoms with Crippen molar-refractivity contribution in [1.82, 2.24) is 19.7 Å². The van der Waals surface area contributed by atoms with Crippen LogP contribution in [0.1, 0.15) is 11.8 Å². The average Bonchev–Trinajstić information content (AvgIpc) is 3.17. The van der Waals surface area contributed by atoms with Crippen LogP contribution in [0.4, 0.5) is 5.82 Å². The minimum Gasteiger partial charge on any atom is -0.264 e. The highest BCUT2D eigenvalue weighted by Crippen LogP contribution is 2.38. The van der Waals surface area contributed by atoms with Gasteiger partial charge in [0.2, 0.25) is 0 Å². The number of thiazole rings is 1. The fourth-order valence-corrected chi connectivity index (χ4v) is 3.61. The predicted molar refractivity (Wildman–Crippen MR) is 83.1 cm³/mol. The normalized spacial score (nSPS) is 20.4. The number of hydrogen-bond acceptors (Lipinski definition) is 5. The molecule has 0 bridgehead atoms. The molecule has 0 saturated heterocycles. The molecule has 6 heteroatoms. The van der Waals surface area contributed by atoms with Gasteiger partial charge in [-0.2, -0.15) is 5.10 Å². The van der Waals surface area contributed by atoms with E-state index in [-0.39, 0.29) is 5.54 Å². The van der Waals surface area contributed by atoms with E-state index < -0.39 is 0 Å². The summed E-state index contributed by atoms with van der Waals surface area (Å²) in [5.41, 5.74) is 0.808. The lowest BCUT2D eigenvalue weighted by Crippen LogP contribution is -2.36. The van der Waals surface area contributed by atoms with Crippen molar-refractivity contribution < 1.29 is 0 Å². The monoisotopic (exact) mass is 295 g/mol. The van der Waals surface area contributed by atoms with Crippen molar-refractivity contribution in [2.24, 2.45) is 4.99 Å². The predicted octanol–water partition coefficient (Wildman–Crippen LogP) is 3.08. The maximum Gasteiger partial charge on any atom is 0.166 e. The summed E-state index contributed by atoms with van der Waals surface area (Å²) in [7, 11) is 0. The van der Waals surface area contributed by atoms with Crippen molar-refractivity contribution in [2.45, 2.75) is 18.9 Å². The second-order valence-corrected chi connectivity index (χ2v) is 6.33. The highest BCUT2D eigenvalue weighted by atomic mass is 32.1. The van der Waals surface area contributed by atoms with Gasteiger partial charge in [-0.3, -0.25) is 9.67 Å². The molecule has 0 aliphatic carbocycles. The molecule has 1 aliphatic heterocycles. The molecular formula is C15H13N5S. The molecule has 4 heterocycles. The fraction of sp³-hybridized carbons (Fsp3) is 0.200. The minimum absolute atomic E-state index is 0.227. The Kier molecular flexibility index (Phi) is 2.71. The molecule has 104 valence electrons. The lowest BCUT2D eigenvalue weighted by Gasteiger charge is -2.27. The second-order valence-electron chi connectivity index (χ2n) is 5.25. The Balaban J connectivity index is 1.72. The van der Waals surface area contributed by atoms with Crippen LogP contribution in [0.5, 0.6) is 0 Å². The van der Waals surface area contributed by atoms with E-state index in [2.05, 4.69) is 27.0 Å². The van der Waals surface area contributed by atoms with E-state index in [1.807, 2.05) is 41.5 Å². The van der Waals surface area contributed by atoms with Gasteiger partial charge in [-0.1, -0.05) is 0 Å². The Labute approximate surface area is 126 Å². The number of fused-ring (bicyclic) bond motifs is 1. The number of rotatable bonds is 2. The van der Waals surface area contributed by atoms with Crippen molar-refractivity contribution in [3.63, 3.8) is 0 Å². The summed E-state index contributed by atoms with van der Waals surface area (Å²) in [6.45, 7) is 2.13. The van der Waals surface area contributed by atoms with E-state index in [9.17, 15) is 0 Å². The first-order chi connectivity index (χ1) is 10.2. The average molecular weight is 295 g/mol. The Morgan fingerprint density at radius 1 is 1.29 bits per heavy atom. The standard InChI is InChI=1S/C15H13N5S/c1-15(20-7-3-6-18-20)8-12-13(17-10-15)19-14(21-12)11-4-2-5-16-9-11/h2-7,9-10H,8H2,1H3. The zero-order valence-corrected chi connectivity index (χ0v) is 12.3. The van der Waals surface area contributed by atoms with Crippen molar-refractivity contribution >= 4 is 23.4 Å². The summed E-state index contributed by atoms with van der Waals surface area (Å²) < 4.78 is 1.95. The zero-order chi connectivity index (χ0) is 14.3. The molecule has 0 spiro atoms. The number of aromatic nitrogens is 4. The first-order valence-corrected chi connectivity index (χ1v) is 7.52. The molecule has 5 nitrogen and oxygen atoms in total. The number of hydrogen-bond donors (Lipinski definition) is 0. The first-order valence-electron chi connectivity index (χ1n) is 6.70. The second kappa shape index (κ2) is 4.60. The van der Waals surface area contributed by atoms with Gasteiger partial charge in [-0.05, 0) is 25.1 Å². The lowest BCUT2D eigenvalue weighted by molar-refractivity contribution is 0.404. The molecule has 3 aromatic heterocycles. The molecule has 0 amide bonds. The Morgan fingerprint density at radius 3 is 3.00 bits per heavy atom. The van der Waals surface area contributed by atoms with Gasteiger partial charge in [0.1, 0.15) is 5.01 Å². The quantitative estimate of drug-likeness (QED) is 0.730. The molecule has 1 aliphatic rings. The molecule has 4 rings (SSSR count). The van der Waals surface area contributed by atoms with E-state index in [1.165, 1.54) is 4.88 Å². The highest BCUT2D eigenvalue weighted by molar-refractivity contribution is 7.15. The minimum atomic E-state index is -0.227. The van der Waals surface area contributed by atoms with Crippen LogP contribution in [0.2, 0.25) is 0 Å².